The van der Waals surface area contributed by atoms with Gasteiger partial charge in [-0.3, -0.25) is 14.7 Å². The predicted molar refractivity (Wildman–Crippen MR) is 111 cm³/mol. The molecule has 4 atom stereocenters. The topological polar surface area (TPSA) is 89.5 Å². The van der Waals surface area contributed by atoms with Gasteiger partial charge in [-0.25, -0.2) is 4.79 Å². The zero-order valence-corrected chi connectivity index (χ0v) is 17.9. The van der Waals surface area contributed by atoms with Gasteiger partial charge in [0, 0.05) is 32.6 Å². The first kappa shape index (κ1) is 23.5. The molecule has 8 nitrogen and oxygen atoms in total. The van der Waals surface area contributed by atoms with Crippen molar-refractivity contribution in [2.75, 3.05) is 46.6 Å². The molecule has 0 radical (unpaired) electrons. The first-order valence-electron chi connectivity index (χ1n) is 10.4. The normalized spacial score (nSPS) is 27.8. The number of carbonyl (C=O) groups is 2. The van der Waals surface area contributed by atoms with Gasteiger partial charge in [-0.05, 0) is 38.9 Å². The summed E-state index contributed by atoms with van der Waals surface area (Å²) in [6.45, 7) is 10.9. The minimum absolute atomic E-state index is 0.113. The Hall–Kier alpha value is -1.77. The number of carbonyl (C=O) groups excluding carboxylic acids is 2. The summed E-state index contributed by atoms with van der Waals surface area (Å²) in [7, 11) is 1.66. The summed E-state index contributed by atoms with van der Waals surface area (Å²) in [6.07, 6.45) is 4.50. The zero-order chi connectivity index (χ0) is 21.2. The number of hydrogen-bond donors (Lipinski definition) is 1. The van der Waals surface area contributed by atoms with E-state index in [0.717, 1.165) is 25.9 Å². The van der Waals surface area contributed by atoms with Crippen LogP contribution in [0.25, 0.3) is 0 Å². The summed E-state index contributed by atoms with van der Waals surface area (Å²) in [5.41, 5.74) is 0.606. The molecule has 1 aliphatic carbocycles. The Bertz CT molecular complexity index is 595. The fourth-order valence-corrected chi connectivity index (χ4v) is 4.16. The second-order valence-corrected chi connectivity index (χ2v) is 7.65. The molecule has 1 amide bonds. The number of hydrogen-bond acceptors (Lipinski definition) is 7. The Balaban J connectivity index is 2.17. The number of ether oxygens (including phenoxy) is 3. The lowest BCUT2D eigenvalue weighted by molar-refractivity contribution is -0.138. The first-order chi connectivity index (χ1) is 14.0. The molecule has 164 valence electrons. The van der Waals surface area contributed by atoms with E-state index in [1.165, 1.54) is 6.92 Å². The molecule has 1 N–H and O–H groups in total. The summed E-state index contributed by atoms with van der Waals surface area (Å²) in [5, 5.41) is 3.04. The molecule has 8 heteroatoms. The van der Waals surface area contributed by atoms with E-state index in [4.69, 9.17) is 14.2 Å². The lowest BCUT2D eigenvalue weighted by atomic mass is 9.84. The van der Waals surface area contributed by atoms with Gasteiger partial charge in [-0.15, -0.1) is 0 Å². The largest absolute Gasteiger partial charge is 0.463 e. The fraction of sp³-hybridized carbons (Fsp3) is 0.762. The van der Waals surface area contributed by atoms with E-state index >= 15 is 0 Å². The second kappa shape index (κ2) is 12.0. The highest BCUT2D eigenvalue weighted by Crippen LogP contribution is 2.29. The van der Waals surface area contributed by atoms with Crippen LogP contribution in [0.5, 0.6) is 0 Å². The van der Waals surface area contributed by atoms with E-state index in [0.29, 0.717) is 44.3 Å². The molecule has 0 aromatic carbocycles. The predicted octanol–water partition coefficient (Wildman–Crippen LogP) is 1.20. The van der Waals surface area contributed by atoms with Crippen molar-refractivity contribution in [1.29, 1.82) is 0 Å². The molecule has 0 bridgehead atoms. The van der Waals surface area contributed by atoms with Gasteiger partial charge >= 0.3 is 5.97 Å². The van der Waals surface area contributed by atoms with Crippen LogP contribution in [-0.2, 0) is 23.8 Å². The molecule has 1 heterocycles. The monoisotopic (exact) mass is 409 g/mol. The van der Waals surface area contributed by atoms with Gasteiger partial charge in [0.25, 0.3) is 0 Å². The van der Waals surface area contributed by atoms with E-state index in [2.05, 4.69) is 21.9 Å². The van der Waals surface area contributed by atoms with Gasteiger partial charge in [0.15, 0.2) is 0 Å². The molecule has 0 aromatic rings. The number of methoxy groups -OCH3 is 1. The third-order valence-electron chi connectivity index (χ3n) is 5.48. The third-order valence-corrected chi connectivity index (χ3v) is 5.48. The summed E-state index contributed by atoms with van der Waals surface area (Å²) in [5.74, 6) is -0.0305. The van der Waals surface area contributed by atoms with Crippen molar-refractivity contribution in [3.05, 3.63) is 11.6 Å². The van der Waals surface area contributed by atoms with Crippen molar-refractivity contribution < 1.29 is 23.8 Å². The number of piperidine rings is 1. The van der Waals surface area contributed by atoms with Crippen molar-refractivity contribution in [2.45, 2.75) is 51.2 Å². The smallest absolute Gasteiger partial charge is 0.333 e. The van der Waals surface area contributed by atoms with Crippen LogP contribution in [0.15, 0.2) is 16.6 Å². The maximum atomic E-state index is 12.4. The number of amides is 1. The number of nitrogens with zero attached hydrogens (tertiary/aromatic N) is 2. The van der Waals surface area contributed by atoms with Gasteiger partial charge in [-0.2, -0.15) is 0 Å². The fourth-order valence-electron chi connectivity index (χ4n) is 4.16. The summed E-state index contributed by atoms with van der Waals surface area (Å²) in [4.78, 5) is 30.8. The van der Waals surface area contributed by atoms with Gasteiger partial charge < -0.3 is 19.5 Å². The highest BCUT2D eigenvalue weighted by Gasteiger charge is 2.39. The molecule has 0 saturated carbocycles. The Morgan fingerprint density at radius 2 is 2.17 bits per heavy atom. The maximum Gasteiger partial charge on any atom is 0.333 e. The van der Waals surface area contributed by atoms with E-state index < -0.39 is 0 Å². The molecular weight excluding hydrogens is 374 g/mol. The Labute approximate surface area is 173 Å². The van der Waals surface area contributed by atoms with Crippen molar-refractivity contribution in [3.63, 3.8) is 0 Å². The van der Waals surface area contributed by atoms with Crippen molar-refractivity contribution >= 4 is 18.6 Å². The molecule has 29 heavy (non-hydrogen) atoms. The number of esters is 1. The first-order valence-corrected chi connectivity index (χ1v) is 10.4. The van der Waals surface area contributed by atoms with Crippen LogP contribution in [-0.4, -0.2) is 88.2 Å². The Morgan fingerprint density at radius 3 is 2.83 bits per heavy atom. The van der Waals surface area contributed by atoms with Crippen LogP contribution in [0.1, 0.15) is 33.1 Å². The number of likely N-dealkylation sites (tertiary alicyclic amines) is 1. The van der Waals surface area contributed by atoms with Crippen LogP contribution >= 0.6 is 0 Å². The van der Waals surface area contributed by atoms with Crippen molar-refractivity contribution in [2.24, 2.45) is 10.9 Å². The minimum atomic E-state index is -0.316. The van der Waals surface area contributed by atoms with E-state index in [-0.39, 0.29) is 30.0 Å². The summed E-state index contributed by atoms with van der Waals surface area (Å²) < 4.78 is 16.0. The van der Waals surface area contributed by atoms with Crippen LogP contribution in [0, 0.1) is 5.92 Å². The maximum absolute atomic E-state index is 12.4. The Kier molecular flexibility index (Phi) is 9.76. The zero-order valence-electron chi connectivity index (χ0n) is 17.9. The summed E-state index contributed by atoms with van der Waals surface area (Å²) >= 11 is 0. The van der Waals surface area contributed by atoms with Crippen LogP contribution in [0.2, 0.25) is 0 Å². The van der Waals surface area contributed by atoms with E-state index in [1.807, 2.05) is 6.08 Å². The number of nitrogens with one attached hydrogen (secondary N) is 1. The lowest BCUT2D eigenvalue weighted by Crippen LogP contribution is -2.59. The highest BCUT2D eigenvalue weighted by molar-refractivity contribution is 5.89. The molecule has 1 saturated heterocycles. The number of rotatable bonds is 10. The quantitative estimate of drug-likeness (QED) is 0.331. The average Bonchev–Trinajstić information content (AvgIpc) is 2.71. The Morgan fingerprint density at radius 1 is 1.38 bits per heavy atom. The van der Waals surface area contributed by atoms with Crippen molar-refractivity contribution in [1.82, 2.24) is 10.2 Å². The van der Waals surface area contributed by atoms with Gasteiger partial charge in [0.05, 0.1) is 44.6 Å². The minimum Gasteiger partial charge on any atom is -0.463 e. The molecule has 1 unspecified atom stereocenters. The average molecular weight is 410 g/mol. The molecule has 2 aliphatic rings. The molecular formula is C21H35N3O5. The number of aliphatic imine (C=N–C) groups is 1. The van der Waals surface area contributed by atoms with Gasteiger partial charge in [-0.1, -0.05) is 6.08 Å². The SMILES string of the molecule is C=NC1CC(C(=O)OCC)=C[C@@H](N2CCC[C@H](COCCOC)C2)[C@@H]1NC(C)=O. The van der Waals surface area contributed by atoms with Crippen molar-refractivity contribution in [3.8, 4) is 0 Å². The highest BCUT2D eigenvalue weighted by atomic mass is 16.5. The van der Waals surface area contributed by atoms with Gasteiger partial charge in [0.2, 0.25) is 5.91 Å². The van der Waals surface area contributed by atoms with Crippen LogP contribution in [0.4, 0.5) is 0 Å². The van der Waals surface area contributed by atoms with E-state index in [9.17, 15) is 9.59 Å². The van der Waals surface area contributed by atoms with Crippen LogP contribution < -0.4 is 5.32 Å². The molecule has 2 rings (SSSR count). The molecule has 0 aromatic heterocycles. The standard InChI is InChI=1S/C21H35N3O5/c1-5-29-21(26)17-11-18(22-3)20(23-15(2)25)19(12-17)24-8-6-7-16(13-24)14-28-10-9-27-4/h12,16,18-20H,3,5-11,13-14H2,1-2,4H3,(H,23,25)/t16-,18?,19+,20+/m0/s1. The van der Waals surface area contributed by atoms with Gasteiger partial charge in [0.1, 0.15) is 0 Å². The second-order valence-electron chi connectivity index (χ2n) is 7.65. The molecule has 0 spiro atoms. The molecule has 1 fully saturated rings. The third kappa shape index (κ3) is 6.90. The summed E-state index contributed by atoms with van der Waals surface area (Å²) in [6, 6.07) is -0.632. The van der Waals surface area contributed by atoms with E-state index in [1.54, 1.807) is 14.0 Å². The lowest BCUT2D eigenvalue weighted by Gasteiger charge is -2.44. The van der Waals surface area contributed by atoms with Crippen LogP contribution in [0.3, 0.4) is 0 Å². The molecule has 1 aliphatic heterocycles.